The van der Waals surface area contributed by atoms with E-state index in [1.54, 1.807) is 12.4 Å². The number of benzene rings is 1. The Bertz CT molecular complexity index is 717. The quantitative estimate of drug-likeness (QED) is 0.762. The van der Waals surface area contributed by atoms with E-state index in [1.807, 2.05) is 24.4 Å². The number of fused-ring (bicyclic) bond motifs is 1. The number of nitrogens with zero attached hydrogens (tertiary/aromatic N) is 3. The second-order valence-corrected chi connectivity index (χ2v) is 5.05. The van der Waals surface area contributed by atoms with Crippen molar-refractivity contribution in [2.24, 2.45) is 0 Å². The third-order valence-electron chi connectivity index (χ3n) is 3.07. The SMILES string of the molecule is CC(C)NCc1cnc(-c2ccc3nccnc3c2)[nH]1. The zero-order valence-electron chi connectivity index (χ0n) is 11.6. The Hall–Kier alpha value is -2.27. The third-order valence-corrected chi connectivity index (χ3v) is 3.07. The lowest BCUT2D eigenvalue weighted by molar-refractivity contribution is 0.583. The standard InChI is InChI=1S/C15H17N5/c1-10(2)18-8-12-9-19-15(20-12)11-3-4-13-14(7-11)17-6-5-16-13/h3-7,9-10,18H,8H2,1-2H3,(H,19,20). The first-order valence-electron chi connectivity index (χ1n) is 6.71. The predicted octanol–water partition coefficient (Wildman–Crippen LogP) is 2.52. The number of rotatable bonds is 4. The number of aromatic amines is 1. The van der Waals surface area contributed by atoms with Crippen molar-refractivity contribution in [2.75, 3.05) is 0 Å². The summed E-state index contributed by atoms with van der Waals surface area (Å²) in [5.74, 6) is 0.859. The van der Waals surface area contributed by atoms with Crippen LogP contribution >= 0.6 is 0 Å². The zero-order chi connectivity index (χ0) is 13.9. The van der Waals surface area contributed by atoms with Gasteiger partial charge in [0, 0.05) is 42.4 Å². The molecular weight excluding hydrogens is 250 g/mol. The van der Waals surface area contributed by atoms with E-state index < -0.39 is 0 Å². The maximum absolute atomic E-state index is 4.43. The van der Waals surface area contributed by atoms with Crippen LogP contribution in [-0.2, 0) is 6.54 Å². The first kappa shape index (κ1) is 12.7. The van der Waals surface area contributed by atoms with Gasteiger partial charge in [-0.05, 0) is 18.2 Å². The van der Waals surface area contributed by atoms with Crippen molar-refractivity contribution < 1.29 is 0 Å². The molecule has 0 aliphatic heterocycles. The van der Waals surface area contributed by atoms with Crippen LogP contribution in [-0.4, -0.2) is 26.0 Å². The summed E-state index contributed by atoms with van der Waals surface area (Å²) in [5.41, 5.74) is 3.87. The molecule has 0 amide bonds. The lowest BCUT2D eigenvalue weighted by atomic mass is 10.2. The molecule has 20 heavy (non-hydrogen) atoms. The molecule has 3 aromatic rings. The molecule has 0 aliphatic rings. The molecule has 2 N–H and O–H groups in total. The highest BCUT2D eigenvalue weighted by molar-refractivity contribution is 5.79. The van der Waals surface area contributed by atoms with Gasteiger partial charge in [0.15, 0.2) is 0 Å². The Labute approximate surface area is 117 Å². The first-order valence-corrected chi connectivity index (χ1v) is 6.71. The van der Waals surface area contributed by atoms with E-state index in [9.17, 15) is 0 Å². The van der Waals surface area contributed by atoms with Gasteiger partial charge in [-0.25, -0.2) is 4.98 Å². The van der Waals surface area contributed by atoms with E-state index in [0.717, 1.165) is 34.7 Å². The van der Waals surface area contributed by atoms with Crippen LogP contribution in [0.5, 0.6) is 0 Å². The zero-order valence-corrected chi connectivity index (χ0v) is 11.6. The topological polar surface area (TPSA) is 66.5 Å². The molecule has 0 spiro atoms. The highest BCUT2D eigenvalue weighted by atomic mass is 15.0. The number of hydrogen-bond donors (Lipinski definition) is 2. The summed E-state index contributed by atoms with van der Waals surface area (Å²) in [6.45, 7) is 5.04. The van der Waals surface area contributed by atoms with E-state index in [2.05, 4.69) is 39.1 Å². The number of hydrogen-bond acceptors (Lipinski definition) is 4. The minimum atomic E-state index is 0.456. The van der Waals surface area contributed by atoms with Crippen LogP contribution in [0.2, 0.25) is 0 Å². The molecule has 0 atom stereocenters. The molecule has 2 aromatic heterocycles. The summed E-state index contributed by atoms with van der Waals surface area (Å²) in [5, 5.41) is 3.36. The summed E-state index contributed by atoms with van der Waals surface area (Å²) in [7, 11) is 0. The lowest BCUT2D eigenvalue weighted by Gasteiger charge is -2.05. The molecule has 0 fully saturated rings. The van der Waals surface area contributed by atoms with Gasteiger partial charge in [-0.1, -0.05) is 13.8 Å². The summed E-state index contributed by atoms with van der Waals surface area (Å²) in [6.07, 6.45) is 5.27. The maximum atomic E-state index is 4.43. The molecular formula is C15H17N5. The largest absolute Gasteiger partial charge is 0.341 e. The Morgan fingerprint density at radius 1 is 1.10 bits per heavy atom. The number of aromatic nitrogens is 4. The van der Waals surface area contributed by atoms with Crippen molar-refractivity contribution in [3.8, 4) is 11.4 Å². The van der Waals surface area contributed by atoms with Crippen molar-refractivity contribution >= 4 is 11.0 Å². The van der Waals surface area contributed by atoms with Crippen LogP contribution in [0, 0.1) is 0 Å². The summed E-state index contributed by atoms with van der Waals surface area (Å²) in [4.78, 5) is 16.3. The van der Waals surface area contributed by atoms with Crippen molar-refractivity contribution in [3.05, 3.63) is 42.5 Å². The molecule has 0 saturated heterocycles. The van der Waals surface area contributed by atoms with Crippen molar-refractivity contribution in [1.29, 1.82) is 0 Å². The molecule has 5 heteroatoms. The molecule has 2 heterocycles. The monoisotopic (exact) mass is 267 g/mol. The second kappa shape index (κ2) is 5.38. The molecule has 0 bridgehead atoms. The Morgan fingerprint density at radius 3 is 2.70 bits per heavy atom. The van der Waals surface area contributed by atoms with Crippen molar-refractivity contribution in [2.45, 2.75) is 26.4 Å². The second-order valence-electron chi connectivity index (χ2n) is 5.05. The predicted molar refractivity (Wildman–Crippen MR) is 79.1 cm³/mol. The maximum Gasteiger partial charge on any atom is 0.137 e. The van der Waals surface area contributed by atoms with Gasteiger partial charge >= 0.3 is 0 Å². The van der Waals surface area contributed by atoms with Crippen LogP contribution in [0.1, 0.15) is 19.5 Å². The van der Waals surface area contributed by atoms with Gasteiger partial charge in [-0.3, -0.25) is 9.97 Å². The number of imidazole rings is 1. The Morgan fingerprint density at radius 2 is 1.90 bits per heavy atom. The normalized spacial score (nSPS) is 11.3. The summed E-state index contributed by atoms with van der Waals surface area (Å²) >= 11 is 0. The van der Waals surface area contributed by atoms with E-state index >= 15 is 0 Å². The van der Waals surface area contributed by atoms with Gasteiger partial charge in [0.25, 0.3) is 0 Å². The highest BCUT2D eigenvalue weighted by Crippen LogP contribution is 2.19. The molecule has 5 nitrogen and oxygen atoms in total. The molecule has 0 aliphatic carbocycles. The Kier molecular flexibility index (Phi) is 3.43. The van der Waals surface area contributed by atoms with Gasteiger partial charge in [-0.2, -0.15) is 0 Å². The summed E-state index contributed by atoms with van der Waals surface area (Å²) in [6, 6.07) is 6.43. The van der Waals surface area contributed by atoms with Gasteiger partial charge in [0.05, 0.1) is 11.0 Å². The Balaban J connectivity index is 1.87. The van der Waals surface area contributed by atoms with Gasteiger partial charge in [-0.15, -0.1) is 0 Å². The van der Waals surface area contributed by atoms with Crippen LogP contribution in [0.3, 0.4) is 0 Å². The van der Waals surface area contributed by atoms with Gasteiger partial charge < -0.3 is 10.3 Å². The molecule has 102 valence electrons. The fourth-order valence-electron chi connectivity index (χ4n) is 2.02. The molecule has 1 aromatic carbocycles. The van der Waals surface area contributed by atoms with Crippen LogP contribution < -0.4 is 5.32 Å². The lowest BCUT2D eigenvalue weighted by Crippen LogP contribution is -2.21. The minimum absolute atomic E-state index is 0.456. The third kappa shape index (κ3) is 2.67. The molecule has 0 saturated carbocycles. The minimum Gasteiger partial charge on any atom is -0.341 e. The number of nitrogens with one attached hydrogen (secondary N) is 2. The summed E-state index contributed by atoms with van der Waals surface area (Å²) < 4.78 is 0. The van der Waals surface area contributed by atoms with Crippen LogP contribution in [0.4, 0.5) is 0 Å². The first-order chi connectivity index (χ1) is 9.72. The smallest absolute Gasteiger partial charge is 0.137 e. The van der Waals surface area contributed by atoms with Crippen LogP contribution in [0.15, 0.2) is 36.8 Å². The molecule has 0 unspecified atom stereocenters. The van der Waals surface area contributed by atoms with E-state index in [0.29, 0.717) is 6.04 Å². The van der Waals surface area contributed by atoms with E-state index in [4.69, 9.17) is 0 Å². The average molecular weight is 267 g/mol. The average Bonchev–Trinajstić information content (AvgIpc) is 2.93. The molecule has 0 radical (unpaired) electrons. The molecule has 3 rings (SSSR count). The fraction of sp³-hybridized carbons (Fsp3) is 0.267. The van der Waals surface area contributed by atoms with Gasteiger partial charge in [0.2, 0.25) is 0 Å². The highest BCUT2D eigenvalue weighted by Gasteiger charge is 2.05. The number of H-pyrrole nitrogens is 1. The van der Waals surface area contributed by atoms with E-state index in [-0.39, 0.29) is 0 Å². The van der Waals surface area contributed by atoms with Crippen LogP contribution in [0.25, 0.3) is 22.4 Å². The van der Waals surface area contributed by atoms with Crippen molar-refractivity contribution in [3.63, 3.8) is 0 Å². The van der Waals surface area contributed by atoms with Crippen molar-refractivity contribution in [1.82, 2.24) is 25.3 Å². The van der Waals surface area contributed by atoms with Gasteiger partial charge in [0.1, 0.15) is 5.82 Å². The van der Waals surface area contributed by atoms with E-state index in [1.165, 1.54) is 0 Å². The fourth-order valence-corrected chi connectivity index (χ4v) is 2.02.